The minimum Gasteiger partial charge on any atom is -0.382 e. The molecule has 1 aromatic heterocycles. The van der Waals surface area contributed by atoms with Crippen LogP contribution >= 0.6 is 11.3 Å². The van der Waals surface area contributed by atoms with Gasteiger partial charge in [-0.3, -0.25) is 9.59 Å². The molecule has 0 atom stereocenters. The van der Waals surface area contributed by atoms with Crippen molar-refractivity contribution in [1.29, 1.82) is 0 Å². The van der Waals surface area contributed by atoms with Crippen LogP contribution < -0.4 is 16.4 Å². The average molecular weight is 384 g/mol. The summed E-state index contributed by atoms with van der Waals surface area (Å²) in [5.74, 6) is -1.20. The molecule has 0 aliphatic rings. The summed E-state index contributed by atoms with van der Waals surface area (Å²) in [5, 5.41) is 0.327. The van der Waals surface area contributed by atoms with E-state index in [-0.39, 0.29) is 23.0 Å². The number of hydrogen-bond donors (Lipinski definition) is 2. The number of anilines is 3. The Morgan fingerprint density at radius 2 is 1.74 bits per heavy atom. The molecule has 138 valence electrons. The molecule has 3 aromatic rings. The summed E-state index contributed by atoms with van der Waals surface area (Å²) in [5.41, 5.74) is 13.3. The van der Waals surface area contributed by atoms with Crippen LogP contribution in [-0.2, 0) is 4.79 Å². The van der Waals surface area contributed by atoms with Crippen molar-refractivity contribution in [2.24, 2.45) is 5.73 Å². The van der Waals surface area contributed by atoms with Gasteiger partial charge in [-0.2, -0.15) is 0 Å². The highest BCUT2D eigenvalue weighted by molar-refractivity contribution is 7.18. The van der Waals surface area contributed by atoms with Crippen LogP contribution in [-0.4, -0.2) is 23.2 Å². The Morgan fingerprint density at radius 1 is 1.11 bits per heavy atom. The fourth-order valence-corrected chi connectivity index (χ4v) is 3.45. The quantitative estimate of drug-likeness (QED) is 0.636. The molecule has 3 rings (SSSR count). The molecule has 0 saturated carbocycles. The predicted octanol–water partition coefficient (Wildman–Crippen LogP) is 3.03. The zero-order valence-corrected chi connectivity index (χ0v) is 15.3. The monoisotopic (exact) mass is 384 g/mol. The predicted molar refractivity (Wildman–Crippen MR) is 104 cm³/mol. The number of ketones is 1. The first-order valence-corrected chi connectivity index (χ1v) is 8.86. The van der Waals surface area contributed by atoms with E-state index in [0.717, 1.165) is 16.9 Å². The van der Waals surface area contributed by atoms with E-state index in [1.54, 1.807) is 12.1 Å². The maximum Gasteiger partial charge on any atom is 0.237 e. The normalized spacial score (nSPS) is 10.6. The number of nitrogen functional groups attached to an aromatic ring is 1. The van der Waals surface area contributed by atoms with E-state index in [2.05, 4.69) is 4.98 Å². The molecular weight excluding hydrogens is 367 g/mol. The fraction of sp³-hybridized carbons (Fsp3) is 0.105. The van der Waals surface area contributed by atoms with Crippen molar-refractivity contribution in [3.05, 3.63) is 70.4 Å². The van der Waals surface area contributed by atoms with Gasteiger partial charge < -0.3 is 16.4 Å². The lowest BCUT2D eigenvalue weighted by atomic mass is 10.1. The lowest BCUT2D eigenvalue weighted by Crippen LogP contribution is -2.30. The van der Waals surface area contributed by atoms with Crippen LogP contribution in [0.1, 0.15) is 20.8 Å². The Bertz CT molecular complexity index is 984. The summed E-state index contributed by atoms with van der Waals surface area (Å²) in [6, 6.07) is 12.6. The van der Waals surface area contributed by atoms with Gasteiger partial charge in [-0.25, -0.2) is 9.37 Å². The van der Waals surface area contributed by atoms with Gasteiger partial charge in [-0.1, -0.05) is 41.2 Å². The Hall–Kier alpha value is -3.26. The molecule has 0 saturated heterocycles. The van der Waals surface area contributed by atoms with Crippen LogP contribution in [0.2, 0.25) is 0 Å². The first-order valence-electron chi connectivity index (χ1n) is 8.04. The lowest BCUT2D eigenvalue weighted by Gasteiger charge is -2.20. The van der Waals surface area contributed by atoms with Gasteiger partial charge in [-0.15, -0.1) is 0 Å². The molecule has 6 nitrogen and oxygen atoms in total. The van der Waals surface area contributed by atoms with E-state index in [9.17, 15) is 14.0 Å². The van der Waals surface area contributed by atoms with Gasteiger partial charge in [-0.05, 0) is 31.2 Å². The number of nitrogens with two attached hydrogens (primary N) is 2. The molecule has 0 aliphatic carbocycles. The van der Waals surface area contributed by atoms with Gasteiger partial charge in [0.05, 0.1) is 0 Å². The van der Waals surface area contributed by atoms with E-state index in [1.165, 1.54) is 29.2 Å². The van der Waals surface area contributed by atoms with E-state index >= 15 is 0 Å². The molecule has 0 unspecified atom stereocenters. The Balaban J connectivity index is 1.98. The third-order valence-electron chi connectivity index (χ3n) is 3.85. The molecule has 27 heavy (non-hydrogen) atoms. The Labute approximate surface area is 159 Å². The molecule has 0 aliphatic heterocycles. The van der Waals surface area contributed by atoms with Gasteiger partial charge in [0.2, 0.25) is 11.7 Å². The van der Waals surface area contributed by atoms with Crippen molar-refractivity contribution in [3.63, 3.8) is 0 Å². The highest BCUT2D eigenvalue weighted by atomic mass is 32.1. The highest BCUT2D eigenvalue weighted by Gasteiger charge is 2.22. The number of amides is 1. The summed E-state index contributed by atoms with van der Waals surface area (Å²) in [4.78, 5) is 30.2. The smallest absolute Gasteiger partial charge is 0.237 e. The summed E-state index contributed by atoms with van der Waals surface area (Å²) in [6.07, 6.45) is 0. The molecular formula is C19H17FN4O2S. The first-order chi connectivity index (χ1) is 12.8. The largest absolute Gasteiger partial charge is 0.382 e. The number of halogens is 1. The fourth-order valence-electron chi connectivity index (χ4n) is 2.48. The molecule has 1 amide bonds. The van der Waals surface area contributed by atoms with Gasteiger partial charge in [0.25, 0.3) is 0 Å². The molecule has 0 spiro atoms. The maximum atomic E-state index is 13.2. The van der Waals surface area contributed by atoms with E-state index in [0.29, 0.717) is 16.4 Å². The Morgan fingerprint density at radius 3 is 2.33 bits per heavy atom. The van der Waals surface area contributed by atoms with Crippen LogP contribution in [0.3, 0.4) is 0 Å². The zero-order chi connectivity index (χ0) is 19.6. The van der Waals surface area contributed by atoms with Crippen LogP contribution in [0.25, 0.3) is 0 Å². The third kappa shape index (κ3) is 4.12. The topological polar surface area (TPSA) is 102 Å². The minimum atomic E-state index is -0.598. The van der Waals surface area contributed by atoms with E-state index in [4.69, 9.17) is 11.5 Å². The summed E-state index contributed by atoms with van der Waals surface area (Å²) >= 11 is 1.05. The second-order valence-electron chi connectivity index (χ2n) is 5.93. The first kappa shape index (κ1) is 18.5. The second-order valence-corrected chi connectivity index (χ2v) is 6.91. The maximum absolute atomic E-state index is 13.2. The van der Waals surface area contributed by atoms with Crippen LogP contribution in [0, 0.1) is 12.7 Å². The summed E-state index contributed by atoms with van der Waals surface area (Å²) in [6.45, 7) is 1.74. The van der Waals surface area contributed by atoms with Crippen LogP contribution in [0.15, 0.2) is 48.5 Å². The molecule has 1 heterocycles. The molecule has 8 heteroatoms. The number of rotatable bonds is 6. The standard InChI is InChI=1S/C19H17FN4O2S/c1-11-2-4-12(5-3-11)16(26)17-18(22)23-19(27-17)24(10-15(21)25)14-8-6-13(20)7-9-14/h2-9H,10,22H2,1H3,(H2,21,25). The van der Waals surface area contributed by atoms with Crippen molar-refractivity contribution in [3.8, 4) is 0 Å². The molecule has 0 radical (unpaired) electrons. The van der Waals surface area contributed by atoms with Crippen LogP contribution in [0.4, 0.5) is 21.0 Å². The lowest BCUT2D eigenvalue weighted by molar-refractivity contribution is -0.116. The second kappa shape index (κ2) is 7.55. The average Bonchev–Trinajstić information content (AvgIpc) is 3.02. The number of nitrogens with zero attached hydrogens (tertiary/aromatic N) is 2. The number of hydrogen-bond acceptors (Lipinski definition) is 6. The molecule has 0 fully saturated rings. The summed E-state index contributed by atoms with van der Waals surface area (Å²) < 4.78 is 13.2. The number of benzene rings is 2. The number of aromatic nitrogens is 1. The number of thiazole rings is 1. The number of primary amides is 1. The van der Waals surface area contributed by atoms with Crippen LogP contribution in [0.5, 0.6) is 0 Å². The van der Waals surface area contributed by atoms with Crippen molar-refractivity contribution >= 4 is 39.7 Å². The van der Waals surface area contributed by atoms with E-state index in [1.807, 2.05) is 19.1 Å². The number of carbonyl (C=O) groups excluding carboxylic acids is 2. The van der Waals surface area contributed by atoms with Crippen molar-refractivity contribution < 1.29 is 14.0 Å². The molecule has 2 aromatic carbocycles. The Kier molecular flexibility index (Phi) is 5.18. The SMILES string of the molecule is Cc1ccc(C(=O)c2sc(N(CC(N)=O)c3ccc(F)cc3)nc2N)cc1. The number of carbonyl (C=O) groups is 2. The number of aryl methyl sites for hydroxylation is 1. The summed E-state index contributed by atoms with van der Waals surface area (Å²) in [7, 11) is 0. The van der Waals surface area contributed by atoms with Crippen molar-refractivity contribution in [1.82, 2.24) is 4.98 Å². The highest BCUT2D eigenvalue weighted by Crippen LogP contribution is 2.34. The van der Waals surface area contributed by atoms with E-state index < -0.39 is 11.7 Å². The van der Waals surface area contributed by atoms with Crippen molar-refractivity contribution in [2.75, 3.05) is 17.2 Å². The zero-order valence-electron chi connectivity index (χ0n) is 14.5. The minimum absolute atomic E-state index is 0.0668. The van der Waals surface area contributed by atoms with Gasteiger partial charge in [0.1, 0.15) is 23.1 Å². The molecule has 4 N–H and O–H groups in total. The molecule has 0 bridgehead atoms. The van der Waals surface area contributed by atoms with Gasteiger partial charge in [0.15, 0.2) is 5.13 Å². The van der Waals surface area contributed by atoms with Gasteiger partial charge in [0, 0.05) is 11.3 Å². The van der Waals surface area contributed by atoms with Gasteiger partial charge >= 0.3 is 0 Å². The third-order valence-corrected chi connectivity index (χ3v) is 4.94. The van der Waals surface area contributed by atoms with Crippen molar-refractivity contribution in [2.45, 2.75) is 6.92 Å².